The fourth-order valence-electron chi connectivity index (χ4n) is 1.69. The van der Waals surface area contributed by atoms with Gasteiger partial charge in [-0.25, -0.2) is 0 Å². The highest BCUT2D eigenvalue weighted by molar-refractivity contribution is 5.79. The zero-order chi connectivity index (χ0) is 11.8. The fraction of sp³-hybridized carbons (Fsp3) is 0.308. The molecule has 3 N–H and O–H groups in total. The van der Waals surface area contributed by atoms with Gasteiger partial charge < -0.3 is 10.8 Å². The molecule has 3 nitrogen and oxygen atoms in total. The van der Waals surface area contributed by atoms with Gasteiger partial charge >= 0.3 is 0 Å². The third kappa shape index (κ3) is 2.05. The van der Waals surface area contributed by atoms with Crippen molar-refractivity contribution in [1.29, 1.82) is 0 Å². The summed E-state index contributed by atoms with van der Waals surface area (Å²) in [6, 6.07) is 9.56. The number of nitrogens with two attached hydrogens (primary N) is 1. The molecule has 1 heterocycles. The molecule has 0 fully saturated rings. The summed E-state index contributed by atoms with van der Waals surface area (Å²) >= 11 is 0. The Morgan fingerprint density at radius 2 is 2.06 bits per heavy atom. The minimum atomic E-state index is -0.669. The zero-order valence-electron chi connectivity index (χ0n) is 9.51. The molecule has 1 aromatic heterocycles. The Bertz CT molecular complexity index is 503. The van der Waals surface area contributed by atoms with E-state index in [1.165, 1.54) is 0 Å². The van der Waals surface area contributed by atoms with Crippen LogP contribution in [0.15, 0.2) is 36.5 Å². The van der Waals surface area contributed by atoms with E-state index in [0.29, 0.717) is 0 Å². The minimum absolute atomic E-state index is 0.643. The molecule has 0 aliphatic rings. The molecule has 0 saturated carbocycles. The maximum Gasteiger partial charge on any atom is 0.0964 e. The van der Waals surface area contributed by atoms with Crippen LogP contribution in [0.4, 0.5) is 0 Å². The Morgan fingerprint density at radius 3 is 2.75 bits per heavy atom. The van der Waals surface area contributed by atoms with E-state index in [9.17, 15) is 5.11 Å². The molecule has 0 bridgehead atoms. The Labute approximate surface area is 94.9 Å². The number of aliphatic hydroxyl groups excluding tert-OH is 1. The van der Waals surface area contributed by atoms with Crippen LogP contribution in [0.25, 0.3) is 10.9 Å². The van der Waals surface area contributed by atoms with Crippen molar-refractivity contribution in [2.75, 3.05) is 0 Å². The summed E-state index contributed by atoms with van der Waals surface area (Å²) in [5.74, 6) is 0. The van der Waals surface area contributed by atoms with Crippen LogP contribution in [0.5, 0.6) is 0 Å². The van der Waals surface area contributed by atoms with Crippen molar-refractivity contribution in [2.45, 2.75) is 25.5 Å². The van der Waals surface area contributed by atoms with Gasteiger partial charge in [0.25, 0.3) is 0 Å². The molecule has 2 aromatic rings. The highest BCUT2D eigenvalue weighted by Crippen LogP contribution is 2.25. The molecule has 0 aliphatic carbocycles. The molecule has 0 aliphatic heterocycles. The molecule has 0 spiro atoms. The van der Waals surface area contributed by atoms with E-state index in [1.54, 1.807) is 6.20 Å². The number of pyridine rings is 1. The lowest BCUT2D eigenvalue weighted by Gasteiger charge is -2.26. The number of benzene rings is 1. The molecule has 0 amide bonds. The van der Waals surface area contributed by atoms with Crippen LogP contribution in [-0.4, -0.2) is 15.6 Å². The first-order chi connectivity index (χ1) is 7.48. The van der Waals surface area contributed by atoms with Gasteiger partial charge in [-0.05, 0) is 37.6 Å². The van der Waals surface area contributed by atoms with Crippen LogP contribution < -0.4 is 5.73 Å². The lowest BCUT2D eigenvalue weighted by Crippen LogP contribution is -2.39. The maximum absolute atomic E-state index is 10.1. The van der Waals surface area contributed by atoms with E-state index < -0.39 is 11.6 Å². The monoisotopic (exact) mass is 216 g/mol. The lowest BCUT2D eigenvalue weighted by atomic mass is 9.92. The van der Waals surface area contributed by atoms with Gasteiger partial charge in [0.05, 0.1) is 11.6 Å². The van der Waals surface area contributed by atoms with Crippen molar-refractivity contribution in [3.05, 3.63) is 42.1 Å². The Balaban J connectivity index is 2.47. The van der Waals surface area contributed by atoms with Crippen molar-refractivity contribution in [3.63, 3.8) is 0 Å². The number of hydrogen-bond donors (Lipinski definition) is 2. The fourth-order valence-corrected chi connectivity index (χ4v) is 1.69. The van der Waals surface area contributed by atoms with Crippen molar-refractivity contribution in [1.82, 2.24) is 4.98 Å². The van der Waals surface area contributed by atoms with Crippen LogP contribution in [0.1, 0.15) is 25.5 Å². The maximum atomic E-state index is 10.1. The van der Waals surface area contributed by atoms with Gasteiger partial charge in [0.2, 0.25) is 0 Å². The van der Waals surface area contributed by atoms with Gasteiger partial charge in [0, 0.05) is 17.1 Å². The number of rotatable bonds is 2. The molecule has 84 valence electrons. The van der Waals surface area contributed by atoms with Gasteiger partial charge in [-0.3, -0.25) is 4.98 Å². The molecule has 0 radical (unpaired) electrons. The van der Waals surface area contributed by atoms with Crippen LogP contribution in [0.3, 0.4) is 0 Å². The SMILES string of the molecule is CC(C)(N)C(O)c1ccc2ncccc2c1. The second-order valence-corrected chi connectivity index (χ2v) is 4.68. The molecule has 2 rings (SSSR count). The van der Waals surface area contributed by atoms with Gasteiger partial charge in [-0.1, -0.05) is 12.1 Å². The molecule has 0 saturated heterocycles. The highest BCUT2D eigenvalue weighted by Gasteiger charge is 2.24. The van der Waals surface area contributed by atoms with Gasteiger partial charge in [0.1, 0.15) is 0 Å². The van der Waals surface area contributed by atoms with Crippen LogP contribution in [-0.2, 0) is 0 Å². The van der Waals surface area contributed by atoms with Crippen molar-refractivity contribution >= 4 is 10.9 Å². The van der Waals surface area contributed by atoms with E-state index in [0.717, 1.165) is 16.5 Å². The summed E-state index contributed by atoms with van der Waals surface area (Å²) in [4.78, 5) is 4.23. The van der Waals surface area contributed by atoms with Crippen LogP contribution in [0.2, 0.25) is 0 Å². The quantitative estimate of drug-likeness (QED) is 0.807. The molecular formula is C13H16N2O. The summed E-state index contributed by atoms with van der Waals surface area (Å²) < 4.78 is 0. The smallest absolute Gasteiger partial charge is 0.0964 e. The van der Waals surface area contributed by atoms with Gasteiger partial charge in [-0.2, -0.15) is 0 Å². The van der Waals surface area contributed by atoms with E-state index in [-0.39, 0.29) is 0 Å². The average Bonchev–Trinajstić information content (AvgIpc) is 2.26. The van der Waals surface area contributed by atoms with E-state index in [2.05, 4.69) is 4.98 Å². The van der Waals surface area contributed by atoms with Crippen molar-refractivity contribution in [2.24, 2.45) is 5.73 Å². The molecule has 3 heteroatoms. The van der Waals surface area contributed by atoms with Crippen LogP contribution in [0, 0.1) is 0 Å². The number of fused-ring (bicyclic) bond motifs is 1. The Hall–Kier alpha value is -1.45. The van der Waals surface area contributed by atoms with Gasteiger partial charge in [0.15, 0.2) is 0 Å². The molecule has 1 unspecified atom stereocenters. The standard InChI is InChI=1S/C13H16N2O/c1-13(2,14)12(16)10-5-6-11-9(8-10)4-3-7-15-11/h3-8,12,16H,14H2,1-2H3. The highest BCUT2D eigenvalue weighted by atomic mass is 16.3. The first-order valence-electron chi connectivity index (χ1n) is 5.30. The minimum Gasteiger partial charge on any atom is -0.387 e. The second-order valence-electron chi connectivity index (χ2n) is 4.68. The van der Waals surface area contributed by atoms with E-state index in [4.69, 9.17) is 5.73 Å². The predicted molar refractivity (Wildman–Crippen MR) is 65.0 cm³/mol. The summed E-state index contributed by atoms with van der Waals surface area (Å²) in [6.45, 7) is 3.62. The van der Waals surface area contributed by atoms with E-state index in [1.807, 2.05) is 44.2 Å². The number of hydrogen-bond acceptors (Lipinski definition) is 3. The molecule has 1 aromatic carbocycles. The predicted octanol–water partition coefficient (Wildman–Crippen LogP) is 2.01. The second kappa shape index (κ2) is 3.85. The number of aliphatic hydroxyl groups is 1. The third-order valence-electron chi connectivity index (χ3n) is 2.65. The summed E-state index contributed by atoms with van der Waals surface area (Å²) in [6.07, 6.45) is 1.09. The van der Waals surface area contributed by atoms with Crippen molar-refractivity contribution < 1.29 is 5.11 Å². The Kier molecular flexibility index (Phi) is 2.66. The lowest BCUT2D eigenvalue weighted by molar-refractivity contribution is 0.105. The number of aromatic nitrogens is 1. The van der Waals surface area contributed by atoms with Gasteiger partial charge in [-0.15, -0.1) is 0 Å². The summed E-state index contributed by atoms with van der Waals surface area (Å²) in [5.41, 5.74) is 7.00. The largest absolute Gasteiger partial charge is 0.387 e. The molecule has 1 atom stereocenters. The third-order valence-corrected chi connectivity index (χ3v) is 2.65. The average molecular weight is 216 g/mol. The summed E-state index contributed by atoms with van der Waals surface area (Å²) in [5, 5.41) is 11.1. The van der Waals surface area contributed by atoms with E-state index >= 15 is 0 Å². The topological polar surface area (TPSA) is 59.1 Å². The van der Waals surface area contributed by atoms with Crippen LogP contribution >= 0.6 is 0 Å². The Morgan fingerprint density at radius 1 is 1.31 bits per heavy atom. The van der Waals surface area contributed by atoms with Crippen molar-refractivity contribution in [3.8, 4) is 0 Å². The molecular weight excluding hydrogens is 200 g/mol. The number of nitrogens with zero attached hydrogens (tertiary/aromatic N) is 1. The first kappa shape index (κ1) is 11.0. The molecule has 16 heavy (non-hydrogen) atoms. The summed E-state index contributed by atoms with van der Waals surface area (Å²) in [7, 11) is 0. The first-order valence-corrected chi connectivity index (χ1v) is 5.30. The normalized spacial score (nSPS) is 14.0. The zero-order valence-corrected chi connectivity index (χ0v) is 9.51.